The Morgan fingerprint density at radius 1 is 1.52 bits per heavy atom. The van der Waals surface area contributed by atoms with Gasteiger partial charge in [-0.25, -0.2) is 4.39 Å². The van der Waals surface area contributed by atoms with Crippen LogP contribution < -0.4 is 15.5 Å². The van der Waals surface area contributed by atoms with Crippen LogP contribution in [0.1, 0.15) is 25.5 Å². The highest BCUT2D eigenvalue weighted by Gasteiger charge is 2.30. The third-order valence-corrected chi connectivity index (χ3v) is 3.16. The van der Waals surface area contributed by atoms with Crippen molar-refractivity contribution in [1.29, 1.82) is 0 Å². The fourth-order valence-electron chi connectivity index (χ4n) is 2.21. The number of fused-ring (bicyclic) bond motifs is 1. The van der Waals surface area contributed by atoms with E-state index in [1.165, 1.54) is 11.0 Å². The van der Waals surface area contributed by atoms with Crippen LogP contribution in [0.15, 0.2) is 12.1 Å². The van der Waals surface area contributed by atoms with E-state index < -0.39 is 17.8 Å². The first-order valence-corrected chi connectivity index (χ1v) is 6.62. The van der Waals surface area contributed by atoms with Crippen LogP contribution in [-0.4, -0.2) is 36.6 Å². The quantitative estimate of drug-likeness (QED) is 0.766. The van der Waals surface area contributed by atoms with Gasteiger partial charge < -0.3 is 20.6 Å². The molecule has 0 bridgehead atoms. The van der Waals surface area contributed by atoms with Gasteiger partial charge in [0.05, 0.1) is 12.2 Å². The van der Waals surface area contributed by atoms with Crippen LogP contribution in [-0.2, 0) is 9.59 Å². The molecule has 0 fully saturated rings. The Morgan fingerprint density at radius 2 is 2.19 bits per heavy atom. The maximum Gasteiger partial charge on any atom is 0.257 e. The number of carbonyl (C=O) groups is 2. The minimum atomic E-state index is -1.35. The Bertz CT molecular complexity index is 589. The van der Waals surface area contributed by atoms with Crippen molar-refractivity contribution in [1.82, 2.24) is 5.32 Å². The van der Waals surface area contributed by atoms with E-state index in [-0.39, 0.29) is 29.7 Å². The number of nitrogens with zero attached hydrogens (tertiary/aromatic N) is 1. The predicted molar refractivity (Wildman–Crippen MR) is 76.5 cm³/mol. The molecule has 2 amide bonds. The van der Waals surface area contributed by atoms with Gasteiger partial charge in [0.15, 0.2) is 6.10 Å². The van der Waals surface area contributed by atoms with Crippen LogP contribution in [0, 0.1) is 5.82 Å². The fourth-order valence-corrected chi connectivity index (χ4v) is 2.21. The molecule has 7 heteroatoms. The highest BCUT2D eigenvalue weighted by Crippen LogP contribution is 2.35. The molecular formula is C14H18FN3O3. The summed E-state index contributed by atoms with van der Waals surface area (Å²) in [6.07, 6.45) is -1.35. The molecular weight excluding hydrogens is 277 g/mol. The fraction of sp³-hybridized carbons (Fsp3) is 0.429. The molecule has 1 aromatic rings. The lowest BCUT2D eigenvalue weighted by atomic mass is 10.1. The predicted octanol–water partition coefficient (Wildman–Crippen LogP) is 0.772. The molecule has 0 radical (unpaired) electrons. The lowest BCUT2D eigenvalue weighted by Gasteiger charge is -2.21. The molecule has 6 nitrogen and oxygen atoms in total. The van der Waals surface area contributed by atoms with Gasteiger partial charge in [-0.15, -0.1) is 0 Å². The number of nitrogens with one attached hydrogen (secondary N) is 2. The lowest BCUT2D eigenvalue weighted by Crippen LogP contribution is -2.38. The normalized spacial score (nSPS) is 16.7. The summed E-state index contributed by atoms with van der Waals surface area (Å²) in [5.74, 6) is -1.40. The molecule has 0 aliphatic carbocycles. The number of hydrogen-bond donors (Lipinski definition) is 3. The van der Waals surface area contributed by atoms with Crippen molar-refractivity contribution < 1.29 is 19.1 Å². The summed E-state index contributed by atoms with van der Waals surface area (Å²) in [5, 5.41) is 14.8. The number of amides is 2. The molecule has 0 aromatic heterocycles. The average Bonchev–Trinajstić information content (AvgIpc) is 2.63. The summed E-state index contributed by atoms with van der Waals surface area (Å²) in [6, 6.07) is 2.54. The number of hydrogen-bond acceptors (Lipinski definition) is 4. The summed E-state index contributed by atoms with van der Waals surface area (Å²) in [7, 11) is 1.58. The number of anilines is 2. The summed E-state index contributed by atoms with van der Waals surface area (Å²) in [4.78, 5) is 24.5. The van der Waals surface area contributed by atoms with E-state index >= 15 is 0 Å². The first kappa shape index (κ1) is 15.2. The molecule has 1 heterocycles. The van der Waals surface area contributed by atoms with Gasteiger partial charge >= 0.3 is 0 Å². The van der Waals surface area contributed by atoms with Gasteiger partial charge in [0.2, 0.25) is 5.91 Å². The van der Waals surface area contributed by atoms with Crippen LogP contribution in [0.2, 0.25) is 0 Å². The highest BCUT2D eigenvalue weighted by molar-refractivity contribution is 6.02. The van der Waals surface area contributed by atoms with Crippen molar-refractivity contribution >= 4 is 23.2 Å². The molecule has 114 valence electrons. The van der Waals surface area contributed by atoms with Crippen LogP contribution in [0.3, 0.4) is 0 Å². The van der Waals surface area contributed by atoms with Gasteiger partial charge in [0.1, 0.15) is 5.82 Å². The standard InChI is InChI=1S/C14H18FN3O3/c1-7(2)16-12(19)6-18(3)11-5-10-8(4-9(11)15)13(20)14(21)17-10/h4-5,7,13,20H,6H2,1-3H3,(H,16,19)(H,17,21). The average molecular weight is 295 g/mol. The van der Waals surface area contributed by atoms with Crippen molar-refractivity contribution in [3.8, 4) is 0 Å². The Morgan fingerprint density at radius 3 is 2.81 bits per heavy atom. The first-order chi connectivity index (χ1) is 9.79. The second-order valence-electron chi connectivity index (χ2n) is 5.36. The molecule has 0 saturated heterocycles. The summed E-state index contributed by atoms with van der Waals surface area (Å²) in [5.41, 5.74) is 0.753. The minimum Gasteiger partial charge on any atom is -0.378 e. The van der Waals surface area contributed by atoms with Crippen LogP contribution >= 0.6 is 0 Å². The van der Waals surface area contributed by atoms with E-state index in [0.29, 0.717) is 5.69 Å². The van der Waals surface area contributed by atoms with E-state index in [9.17, 15) is 19.1 Å². The maximum absolute atomic E-state index is 14.1. The molecule has 1 atom stereocenters. The first-order valence-electron chi connectivity index (χ1n) is 6.62. The molecule has 0 saturated carbocycles. The van der Waals surface area contributed by atoms with Crippen LogP contribution in [0.25, 0.3) is 0 Å². The third kappa shape index (κ3) is 3.13. The highest BCUT2D eigenvalue weighted by atomic mass is 19.1. The van der Waals surface area contributed by atoms with Crippen LogP contribution in [0.5, 0.6) is 0 Å². The van der Waals surface area contributed by atoms with Gasteiger partial charge in [0, 0.05) is 24.3 Å². The number of aliphatic hydroxyl groups is 1. The smallest absolute Gasteiger partial charge is 0.257 e. The lowest BCUT2D eigenvalue weighted by molar-refractivity contribution is -0.123. The summed E-state index contributed by atoms with van der Waals surface area (Å²) in [6.45, 7) is 3.67. The summed E-state index contributed by atoms with van der Waals surface area (Å²) < 4.78 is 14.1. The maximum atomic E-state index is 14.1. The van der Waals surface area contributed by atoms with Crippen LogP contribution in [0.4, 0.5) is 15.8 Å². The Balaban J connectivity index is 2.20. The minimum absolute atomic E-state index is 0.00482. The Labute approximate surface area is 121 Å². The van der Waals surface area contributed by atoms with E-state index in [2.05, 4.69) is 10.6 Å². The zero-order valence-corrected chi connectivity index (χ0v) is 12.1. The second-order valence-corrected chi connectivity index (χ2v) is 5.36. The Kier molecular flexibility index (Phi) is 4.13. The number of halogens is 1. The largest absolute Gasteiger partial charge is 0.378 e. The van der Waals surface area contributed by atoms with Crippen molar-refractivity contribution in [3.63, 3.8) is 0 Å². The number of aliphatic hydroxyl groups excluding tert-OH is 1. The number of carbonyl (C=O) groups excluding carboxylic acids is 2. The molecule has 2 rings (SSSR count). The zero-order chi connectivity index (χ0) is 15.7. The molecule has 1 aliphatic heterocycles. The molecule has 21 heavy (non-hydrogen) atoms. The van der Waals surface area contributed by atoms with E-state index in [1.807, 2.05) is 13.8 Å². The van der Waals surface area contributed by atoms with Gasteiger partial charge in [0.25, 0.3) is 5.91 Å². The van der Waals surface area contributed by atoms with E-state index in [1.54, 1.807) is 7.05 Å². The van der Waals surface area contributed by atoms with Crippen molar-refractivity contribution in [3.05, 3.63) is 23.5 Å². The van der Waals surface area contributed by atoms with Crippen molar-refractivity contribution in [2.45, 2.75) is 26.0 Å². The van der Waals surface area contributed by atoms with Gasteiger partial charge in [-0.2, -0.15) is 0 Å². The summed E-state index contributed by atoms with van der Waals surface area (Å²) >= 11 is 0. The molecule has 3 N–H and O–H groups in total. The van der Waals surface area contributed by atoms with E-state index in [0.717, 1.165) is 6.07 Å². The van der Waals surface area contributed by atoms with Crippen molar-refractivity contribution in [2.75, 3.05) is 23.8 Å². The Hall–Kier alpha value is -2.15. The second kappa shape index (κ2) is 5.69. The van der Waals surface area contributed by atoms with Gasteiger partial charge in [-0.1, -0.05) is 0 Å². The zero-order valence-electron chi connectivity index (χ0n) is 12.1. The SMILES string of the molecule is CC(C)NC(=O)CN(C)c1cc2c(cc1F)C(O)C(=O)N2. The molecule has 1 unspecified atom stereocenters. The van der Waals surface area contributed by atoms with Gasteiger partial charge in [-0.3, -0.25) is 9.59 Å². The molecule has 0 spiro atoms. The monoisotopic (exact) mass is 295 g/mol. The number of likely N-dealkylation sites (N-methyl/N-ethyl adjacent to an activating group) is 1. The third-order valence-electron chi connectivity index (χ3n) is 3.16. The molecule has 1 aliphatic rings. The topological polar surface area (TPSA) is 81.7 Å². The van der Waals surface area contributed by atoms with Gasteiger partial charge in [-0.05, 0) is 26.0 Å². The van der Waals surface area contributed by atoms with Crippen molar-refractivity contribution in [2.24, 2.45) is 0 Å². The number of rotatable bonds is 4. The molecule has 1 aromatic carbocycles. The number of benzene rings is 1. The van der Waals surface area contributed by atoms with E-state index in [4.69, 9.17) is 0 Å².